The van der Waals surface area contributed by atoms with E-state index < -0.39 is 0 Å². The largest absolute Gasteiger partial charge is 0.358 e. The second-order valence-electron chi connectivity index (χ2n) is 9.12. The molecule has 1 aliphatic carbocycles. The Kier molecular flexibility index (Phi) is 4.63. The third kappa shape index (κ3) is 3.60. The number of H-pyrrole nitrogens is 2. The summed E-state index contributed by atoms with van der Waals surface area (Å²) in [7, 11) is 0. The molecular formula is C28H22N8. The van der Waals surface area contributed by atoms with E-state index in [1.807, 2.05) is 43.0 Å². The molecule has 174 valence electrons. The van der Waals surface area contributed by atoms with Crippen molar-refractivity contribution in [3.63, 3.8) is 0 Å². The zero-order chi connectivity index (χ0) is 24.1. The van der Waals surface area contributed by atoms with E-state index in [1.54, 1.807) is 12.4 Å². The fraction of sp³-hybridized carbons (Fsp3) is 0.107. The molecule has 3 N–H and O–H groups in total. The van der Waals surface area contributed by atoms with Crippen molar-refractivity contribution in [3.05, 3.63) is 85.9 Å². The molecule has 36 heavy (non-hydrogen) atoms. The Hall–Kier alpha value is -4.85. The van der Waals surface area contributed by atoms with E-state index in [4.69, 9.17) is 0 Å². The normalized spacial score (nSPS) is 13.3. The van der Waals surface area contributed by atoms with Crippen LogP contribution in [0.15, 0.2) is 85.9 Å². The first kappa shape index (κ1) is 20.5. The summed E-state index contributed by atoms with van der Waals surface area (Å²) in [4.78, 5) is 21.2. The average Bonchev–Trinajstić information content (AvgIpc) is 3.55. The number of anilines is 1. The number of hydrogen-bond donors (Lipinski definition) is 3. The van der Waals surface area contributed by atoms with Crippen LogP contribution in [0.3, 0.4) is 0 Å². The Labute approximate surface area is 206 Å². The van der Waals surface area contributed by atoms with Gasteiger partial charge in [-0.3, -0.25) is 15.1 Å². The number of nitrogens with zero attached hydrogens (tertiary/aromatic N) is 5. The molecule has 0 radical (unpaired) electrons. The van der Waals surface area contributed by atoms with E-state index in [2.05, 4.69) is 65.2 Å². The van der Waals surface area contributed by atoms with Gasteiger partial charge in [-0.1, -0.05) is 6.58 Å². The highest BCUT2D eigenvalue weighted by atomic mass is 15.2. The third-order valence-corrected chi connectivity index (χ3v) is 6.65. The Morgan fingerprint density at radius 3 is 2.58 bits per heavy atom. The standard InChI is InChI=1S/C28H22N8/c1-16(17-2-3-17)33-21-10-19(13-30-15-21)20-11-24-26(35-36-28(24)32-14-20)25-12-23-22(6-9-31-27(23)34-25)18-4-7-29-8-5-18/h4-15,17,33H,1-3H2,(H,31,34)(H,32,35,36). The molecule has 6 aromatic rings. The van der Waals surface area contributed by atoms with Gasteiger partial charge in [0.25, 0.3) is 0 Å². The number of fused-ring (bicyclic) bond motifs is 2. The van der Waals surface area contributed by atoms with E-state index in [1.165, 1.54) is 12.8 Å². The number of allylic oxidation sites excluding steroid dienone is 1. The molecule has 8 heteroatoms. The Bertz CT molecular complexity index is 1740. The fourth-order valence-electron chi connectivity index (χ4n) is 4.59. The van der Waals surface area contributed by atoms with Crippen LogP contribution in [-0.4, -0.2) is 35.1 Å². The van der Waals surface area contributed by atoms with Gasteiger partial charge in [-0.25, -0.2) is 9.97 Å². The number of aromatic amines is 2. The quantitative estimate of drug-likeness (QED) is 0.277. The van der Waals surface area contributed by atoms with Gasteiger partial charge in [0.05, 0.1) is 23.3 Å². The highest BCUT2D eigenvalue weighted by Gasteiger charge is 2.24. The molecule has 1 aliphatic rings. The number of rotatable bonds is 6. The van der Waals surface area contributed by atoms with Crippen LogP contribution in [0.4, 0.5) is 5.69 Å². The molecule has 0 aromatic carbocycles. The predicted molar refractivity (Wildman–Crippen MR) is 141 cm³/mol. The monoisotopic (exact) mass is 470 g/mol. The lowest BCUT2D eigenvalue weighted by molar-refractivity contribution is 1.02. The second-order valence-corrected chi connectivity index (χ2v) is 9.12. The van der Waals surface area contributed by atoms with Crippen molar-refractivity contribution in [2.75, 3.05) is 5.32 Å². The highest BCUT2D eigenvalue weighted by molar-refractivity contribution is 5.99. The van der Waals surface area contributed by atoms with E-state index >= 15 is 0 Å². The van der Waals surface area contributed by atoms with E-state index in [-0.39, 0.29) is 0 Å². The van der Waals surface area contributed by atoms with Gasteiger partial charge in [0.15, 0.2) is 5.65 Å². The van der Waals surface area contributed by atoms with Crippen LogP contribution in [0.5, 0.6) is 0 Å². The average molecular weight is 471 g/mol. The summed E-state index contributed by atoms with van der Waals surface area (Å²) >= 11 is 0. The lowest BCUT2D eigenvalue weighted by atomic mass is 10.0. The van der Waals surface area contributed by atoms with Crippen LogP contribution in [0.2, 0.25) is 0 Å². The summed E-state index contributed by atoms with van der Waals surface area (Å²) in [5.41, 5.74) is 9.33. The Balaban J connectivity index is 1.28. The van der Waals surface area contributed by atoms with Crippen molar-refractivity contribution < 1.29 is 0 Å². The van der Waals surface area contributed by atoms with Crippen LogP contribution >= 0.6 is 0 Å². The predicted octanol–water partition coefficient (Wildman–Crippen LogP) is 5.96. The zero-order valence-electron chi connectivity index (χ0n) is 19.4. The maximum Gasteiger partial charge on any atom is 0.181 e. The molecule has 0 atom stereocenters. The molecule has 0 unspecified atom stereocenters. The first-order valence-electron chi connectivity index (χ1n) is 11.9. The fourth-order valence-corrected chi connectivity index (χ4v) is 4.59. The minimum absolute atomic E-state index is 0.574. The molecule has 1 fully saturated rings. The zero-order valence-corrected chi connectivity index (χ0v) is 19.4. The topological polar surface area (TPSA) is 108 Å². The van der Waals surface area contributed by atoms with Crippen molar-refractivity contribution >= 4 is 27.8 Å². The van der Waals surface area contributed by atoms with Crippen LogP contribution < -0.4 is 5.32 Å². The van der Waals surface area contributed by atoms with Crippen molar-refractivity contribution in [1.29, 1.82) is 0 Å². The summed E-state index contributed by atoms with van der Waals surface area (Å²) in [6, 6.07) is 12.3. The van der Waals surface area contributed by atoms with Gasteiger partial charge in [-0.2, -0.15) is 5.10 Å². The molecule has 1 saturated carbocycles. The molecular weight excluding hydrogens is 448 g/mol. The number of hydrogen-bond acceptors (Lipinski definition) is 6. The maximum atomic E-state index is 4.61. The molecule has 0 aliphatic heterocycles. The summed E-state index contributed by atoms with van der Waals surface area (Å²) in [6.45, 7) is 4.16. The van der Waals surface area contributed by atoms with Gasteiger partial charge in [0, 0.05) is 58.6 Å². The first-order valence-corrected chi connectivity index (χ1v) is 11.9. The van der Waals surface area contributed by atoms with E-state index in [9.17, 15) is 0 Å². The minimum atomic E-state index is 0.574. The van der Waals surface area contributed by atoms with Crippen LogP contribution in [0, 0.1) is 5.92 Å². The Morgan fingerprint density at radius 2 is 1.72 bits per heavy atom. The molecule has 0 bridgehead atoms. The van der Waals surface area contributed by atoms with Crippen molar-refractivity contribution in [1.82, 2.24) is 35.1 Å². The maximum absolute atomic E-state index is 4.61. The van der Waals surface area contributed by atoms with E-state index in [0.717, 1.165) is 61.4 Å². The first-order chi connectivity index (χ1) is 17.7. The molecule has 6 heterocycles. The lowest BCUT2D eigenvalue weighted by Gasteiger charge is -2.09. The molecule has 7 rings (SSSR count). The second kappa shape index (κ2) is 8.13. The van der Waals surface area contributed by atoms with Gasteiger partial charge < -0.3 is 10.3 Å². The van der Waals surface area contributed by atoms with Gasteiger partial charge >= 0.3 is 0 Å². The number of aromatic nitrogens is 7. The Morgan fingerprint density at radius 1 is 0.861 bits per heavy atom. The van der Waals surface area contributed by atoms with E-state index in [0.29, 0.717) is 11.6 Å². The van der Waals surface area contributed by atoms with Crippen LogP contribution in [0.1, 0.15) is 12.8 Å². The summed E-state index contributed by atoms with van der Waals surface area (Å²) < 4.78 is 0. The van der Waals surface area contributed by atoms with Crippen molar-refractivity contribution in [2.24, 2.45) is 5.92 Å². The van der Waals surface area contributed by atoms with Crippen molar-refractivity contribution in [2.45, 2.75) is 12.8 Å². The number of pyridine rings is 4. The molecule has 8 nitrogen and oxygen atoms in total. The van der Waals surface area contributed by atoms with Gasteiger partial charge in [0.1, 0.15) is 5.65 Å². The van der Waals surface area contributed by atoms with Crippen molar-refractivity contribution in [3.8, 4) is 33.6 Å². The van der Waals surface area contributed by atoms with Crippen LogP contribution in [-0.2, 0) is 0 Å². The summed E-state index contributed by atoms with van der Waals surface area (Å²) in [5.74, 6) is 0.574. The molecule has 0 spiro atoms. The third-order valence-electron chi connectivity index (χ3n) is 6.65. The summed E-state index contributed by atoms with van der Waals surface area (Å²) in [6.07, 6.45) is 13.3. The molecule has 0 saturated heterocycles. The SMILES string of the molecule is C=C(Nc1cncc(-c2cnc3n[nH]c(-c4cc5c(-c6ccncc6)ccnc5[nH]4)c3c2)c1)C1CC1. The van der Waals surface area contributed by atoms with Crippen LogP contribution in [0.25, 0.3) is 55.7 Å². The van der Waals surface area contributed by atoms with Gasteiger partial charge in [0.2, 0.25) is 0 Å². The molecule has 6 aromatic heterocycles. The minimum Gasteiger partial charge on any atom is -0.358 e. The lowest BCUT2D eigenvalue weighted by Crippen LogP contribution is -2.00. The number of nitrogens with one attached hydrogen (secondary N) is 3. The highest BCUT2D eigenvalue weighted by Crippen LogP contribution is 2.37. The molecule has 0 amide bonds. The van der Waals surface area contributed by atoms with Gasteiger partial charge in [-0.05, 0) is 66.3 Å². The van der Waals surface area contributed by atoms with Gasteiger partial charge in [-0.15, -0.1) is 0 Å². The smallest absolute Gasteiger partial charge is 0.181 e. The summed E-state index contributed by atoms with van der Waals surface area (Å²) in [5, 5.41) is 13.0.